The van der Waals surface area contributed by atoms with Crippen molar-refractivity contribution in [3.05, 3.63) is 163 Å². The normalized spacial score (nSPS) is 11.1. The Morgan fingerprint density at radius 3 is 1.88 bits per heavy atom. The molecule has 0 N–H and O–H groups in total. The molecule has 0 atom stereocenters. The van der Waals surface area contributed by atoms with Crippen molar-refractivity contribution < 1.29 is 0 Å². The van der Waals surface area contributed by atoms with E-state index in [1.807, 2.05) is 0 Å². The zero-order chi connectivity index (χ0) is 26.9. The Labute approximate surface area is 235 Å². The molecule has 0 bridgehead atoms. The number of hydrogen-bond donors (Lipinski definition) is 0. The van der Waals surface area contributed by atoms with Crippen molar-refractivity contribution in [1.29, 1.82) is 0 Å². The standard InChI is InChI=1S/C39H29N/c1-28-13-11-19-32(27-28)40(37-24-10-9-21-34(37)30-14-3-2-4-15-30)38-26-25-31-17-6-8-22-35(31)39(38)36-23-12-18-29-16-5-7-20-33(29)36/h2-27H,1H3. The second-order valence-electron chi connectivity index (χ2n) is 10.3. The van der Waals surface area contributed by atoms with Crippen molar-refractivity contribution in [2.75, 3.05) is 4.90 Å². The van der Waals surface area contributed by atoms with Crippen LogP contribution in [0, 0.1) is 6.92 Å². The highest BCUT2D eigenvalue weighted by Gasteiger charge is 2.22. The van der Waals surface area contributed by atoms with Gasteiger partial charge in [-0.15, -0.1) is 0 Å². The number of aryl methyl sites for hydroxylation is 1. The molecule has 1 heteroatoms. The molecule has 0 amide bonds. The molecule has 7 rings (SSSR count). The van der Waals surface area contributed by atoms with Gasteiger partial charge in [0.1, 0.15) is 0 Å². The number of fused-ring (bicyclic) bond motifs is 2. The third kappa shape index (κ3) is 4.22. The Morgan fingerprint density at radius 2 is 1.05 bits per heavy atom. The molecule has 0 spiro atoms. The summed E-state index contributed by atoms with van der Waals surface area (Å²) in [5, 5.41) is 4.97. The van der Waals surface area contributed by atoms with E-state index in [1.54, 1.807) is 0 Å². The maximum atomic E-state index is 2.44. The minimum Gasteiger partial charge on any atom is -0.309 e. The van der Waals surface area contributed by atoms with Gasteiger partial charge in [0.2, 0.25) is 0 Å². The van der Waals surface area contributed by atoms with Crippen molar-refractivity contribution in [1.82, 2.24) is 0 Å². The highest BCUT2D eigenvalue weighted by Crippen LogP contribution is 2.48. The lowest BCUT2D eigenvalue weighted by atomic mass is 9.91. The van der Waals surface area contributed by atoms with Gasteiger partial charge in [0.15, 0.2) is 0 Å². The summed E-state index contributed by atoms with van der Waals surface area (Å²) >= 11 is 0. The molecular formula is C39H29N. The molecule has 7 aromatic rings. The Bertz CT molecular complexity index is 1960. The van der Waals surface area contributed by atoms with Crippen LogP contribution in [0.25, 0.3) is 43.8 Å². The van der Waals surface area contributed by atoms with Crippen molar-refractivity contribution >= 4 is 38.6 Å². The van der Waals surface area contributed by atoms with E-state index < -0.39 is 0 Å². The van der Waals surface area contributed by atoms with Crippen molar-refractivity contribution in [2.24, 2.45) is 0 Å². The number of rotatable bonds is 5. The first-order chi connectivity index (χ1) is 19.8. The molecule has 0 aliphatic carbocycles. The summed E-state index contributed by atoms with van der Waals surface area (Å²) in [5.41, 5.74) is 9.54. The number of anilines is 3. The summed E-state index contributed by atoms with van der Waals surface area (Å²) in [7, 11) is 0. The maximum Gasteiger partial charge on any atom is 0.0546 e. The minimum absolute atomic E-state index is 1.14. The third-order valence-electron chi connectivity index (χ3n) is 7.70. The van der Waals surface area contributed by atoms with Crippen molar-refractivity contribution in [3.63, 3.8) is 0 Å². The Kier molecular flexibility index (Phi) is 6.11. The molecule has 0 aliphatic rings. The van der Waals surface area contributed by atoms with Gasteiger partial charge in [-0.25, -0.2) is 0 Å². The van der Waals surface area contributed by atoms with Crippen LogP contribution in [0.1, 0.15) is 5.56 Å². The van der Waals surface area contributed by atoms with E-state index in [0.29, 0.717) is 0 Å². The van der Waals surface area contributed by atoms with Gasteiger partial charge < -0.3 is 4.90 Å². The van der Waals surface area contributed by atoms with Gasteiger partial charge >= 0.3 is 0 Å². The SMILES string of the molecule is Cc1cccc(N(c2ccccc2-c2ccccc2)c2ccc3ccccc3c2-c2cccc3ccccc23)c1. The van der Waals surface area contributed by atoms with Crippen LogP contribution in [0.5, 0.6) is 0 Å². The first-order valence-corrected chi connectivity index (χ1v) is 13.8. The highest BCUT2D eigenvalue weighted by molar-refractivity contribution is 6.11. The Hall–Kier alpha value is -5.14. The third-order valence-corrected chi connectivity index (χ3v) is 7.70. The van der Waals surface area contributed by atoms with Crippen LogP contribution in [0.2, 0.25) is 0 Å². The fraction of sp³-hybridized carbons (Fsp3) is 0.0256. The van der Waals surface area contributed by atoms with Gasteiger partial charge in [-0.05, 0) is 69.4 Å². The maximum absolute atomic E-state index is 2.44. The average molecular weight is 512 g/mol. The van der Waals surface area contributed by atoms with Crippen LogP contribution < -0.4 is 4.90 Å². The Morgan fingerprint density at radius 1 is 0.425 bits per heavy atom. The molecule has 0 heterocycles. The number of benzene rings is 7. The van der Waals surface area contributed by atoms with Gasteiger partial charge in [-0.2, -0.15) is 0 Å². The van der Waals surface area contributed by atoms with E-state index in [9.17, 15) is 0 Å². The molecule has 0 unspecified atom stereocenters. The van der Waals surface area contributed by atoms with Crippen molar-refractivity contribution in [3.8, 4) is 22.3 Å². The summed E-state index contributed by atoms with van der Waals surface area (Å²) in [4.78, 5) is 2.44. The van der Waals surface area contributed by atoms with Crippen LogP contribution in [0.3, 0.4) is 0 Å². The smallest absolute Gasteiger partial charge is 0.0546 e. The molecule has 0 fully saturated rings. The number of nitrogens with zero attached hydrogens (tertiary/aromatic N) is 1. The second-order valence-corrected chi connectivity index (χ2v) is 10.3. The lowest BCUT2D eigenvalue weighted by Crippen LogP contribution is -2.13. The largest absolute Gasteiger partial charge is 0.309 e. The lowest BCUT2D eigenvalue weighted by molar-refractivity contribution is 1.28. The fourth-order valence-electron chi connectivity index (χ4n) is 5.88. The van der Waals surface area contributed by atoms with Gasteiger partial charge in [-0.3, -0.25) is 0 Å². The van der Waals surface area contributed by atoms with Crippen LogP contribution in [-0.2, 0) is 0 Å². The quantitative estimate of drug-likeness (QED) is 0.222. The van der Waals surface area contributed by atoms with E-state index in [-0.39, 0.29) is 0 Å². The molecule has 0 aliphatic heterocycles. The summed E-state index contributed by atoms with van der Waals surface area (Å²) in [6.45, 7) is 2.16. The molecule has 7 aromatic carbocycles. The first-order valence-electron chi connectivity index (χ1n) is 13.8. The van der Waals surface area contributed by atoms with E-state index in [4.69, 9.17) is 0 Å². The average Bonchev–Trinajstić information content (AvgIpc) is 3.02. The van der Waals surface area contributed by atoms with Gasteiger partial charge in [0.05, 0.1) is 11.4 Å². The van der Waals surface area contributed by atoms with E-state index >= 15 is 0 Å². The molecule has 0 aromatic heterocycles. The molecule has 0 radical (unpaired) electrons. The van der Waals surface area contributed by atoms with Crippen molar-refractivity contribution in [2.45, 2.75) is 6.92 Å². The fourth-order valence-corrected chi connectivity index (χ4v) is 5.88. The lowest BCUT2D eigenvalue weighted by Gasteiger charge is -2.31. The number of hydrogen-bond acceptors (Lipinski definition) is 1. The summed E-state index contributed by atoms with van der Waals surface area (Å²) in [6.07, 6.45) is 0. The monoisotopic (exact) mass is 511 g/mol. The number of para-hydroxylation sites is 1. The zero-order valence-corrected chi connectivity index (χ0v) is 22.5. The van der Waals surface area contributed by atoms with E-state index in [1.165, 1.54) is 49.4 Å². The van der Waals surface area contributed by atoms with Gasteiger partial charge in [0, 0.05) is 16.8 Å². The Balaban J connectivity index is 1.60. The highest BCUT2D eigenvalue weighted by atomic mass is 15.1. The second kappa shape index (κ2) is 10.2. The summed E-state index contributed by atoms with van der Waals surface area (Å²) < 4.78 is 0. The molecule has 1 nitrogen and oxygen atoms in total. The predicted octanol–water partition coefficient (Wildman–Crippen LogP) is 11.1. The molecule has 0 saturated carbocycles. The molecule has 40 heavy (non-hydrogen) atoms. The zero-order valence-electron chi connectivity index (χ0n) is 22.5. The van der Waals surface area contributed by atoms with Crippen LogP contribution in [0.15, 0.2) is 158 Å². The van der Waals surface area contributed by atoms with Gasteiger partial charge in [-0.1, -0.05) is 133 Å². The summed E-state index contributed by atoms with van der Waals surface area (Å²) in [6, 6.07) is 56.9. The molecular weight excluding hydrogens is 482 g/mol. The predicted molar refractivity (Wildman–Crippen MR) is 172 cm³/mol. The molecule has 0 saturated heterocycles. The van der Waals surface area contributed by atoms with Crippen LogP contribution in [-0.4, -0.2) is 0 Å². The van der Waals surface area contributed by atoms with Crippen LogP contribution in [0.4, 0.5) is 17.1 Å². The minimum atomic E-state index is 1.14. The van der Waals surface area contributed by atoms with Crippen LogP contribution >= 0.6 is 0 Å². The first kappa shape index (κ1) is 23.9. The van der Waals surface area contributed by atoms with E-state index in [2.05, 4.69) is 170 Å². The molecule has 190 valence electrons. The summed E-state index contributed by atoms with van der Waals surface area (Å²) in [5.74, 6) is 0. The van der Waals surface area contributed by atoms with Gasteiger partial charge in [0.25, 0.3) is 0 Å². The topological polar surface area (TPSA) is 3.24 Å². The van der Waals surface area contributed by atoms with E-state index in [0.717, 1.165) is 17.1 Å².